The molecule has 0 aliphatic carbocycles. The number of aromatic amines is 1. The highest BCUT2D eigenvalue weighted by molar-refractivity contribution is 5.75. The maximum absolute atomic E-state index is 13.9. The molecule has 3 heterocycles. The Bertz CT molecular complexity index is 1410. The van der Waals surface area contributed by atoms with Crippen LogP contribution < -0.4 is 21.9 Å². The quantitative estimate of drug-likeness (QED) is 0.487. The van der Waals surface area contributed by atoms with Crippen molar-refractivity contribution in [2.75, 3.05) is 18.0 Å². The van der Waals surface area contributed by atoms with Crippen molar-refractivity contribution in [3.63, 3.8) is 0 Å². The van der Waals surface area contributed by atoms with E-state index < -0.39 is 11.2 Å². The van der Waals surface area contributed by atoms with Crippen LogP contribution in [0.1, 0.15) is 24.0 Å². The lowest BCUT2D eigenvalue weighted by Crippen LogP contribution is -2.44. The average Bonchev–Trinajstić information content (AvgIpc) is 3.17. The van der Waals surface area contributed by atoms with Gasteiger partial charge in [0.2, 0.25) is 5.95 Å². The van der Waals surface area contributed by atoms with Crippen LogP contribution in [0.2, 0.25) is 0 Å². The van der Waals surface area contributed by atoms with E-state index in [0.717, 1.165) is 24.9 Å². The third-order valence-electron chi connectivity index (χ3n) is 6.02. The number of H-pyrrole nitrogens is 1. The van der Waals surface area contributed by atoms with E-state index in [1.165, 1.54) is 16.7 Å². The van der Waals surface area contributed by atoms with E-state index in [2.05, 4.69) is 4.98 Å². The third-order valence-corrected chi connectivity index (χ3v) is 6.02. The lowest BCUT2D eigenvalue weighted by Gasteiger charge is -2.31. The molecule has 1 atom stereocenters. The standard InChI is InChI=1S/C24H25FN6O2/c25-18-9-4-8-17(12-18)14-30-20-21(27-23(30)29-11-5-10-19(26)15-29)31(24(33)28-22(20)32)13-16-6-2-1-3-7-16/h1-4,6-9,12,19H,5,10-11,13-15,26H2,(H,28,32,33). The first kappa shape index (κ1) is 21.1. The summed E-state index contributed by atoms with van der Waals surface area (Å²) in [6.07, 6.45) is 1.82. The number of imidazole rings is 1. The third kappa shape index (κ3) is 4.19. The van der Waals surface area contributed by atoms with Crippen LogP contribution in [0, 0.1) is 5.82 Å². The van der Waals surface area contributed by atoms with E-state index >= 15 is 0 Å². The monoisotopic (exact) mass is 448 g/mol. The number of benzene rings is 2. The number of halogens is 1. The van der Waals surface area contributed by atoms with Crippen molar-refractivity contribution < 1.29 is 4.39 Å². The molecule has 2 aromatic heterocycles. The van der Waals surface area contributed by atoms with Crippen LogP contribution in [-0.2, 0) is 13.1 Å². The summed E-state index contributed by atoms with van der Waals surface area (Å²) in [6, 6.07) is 15.8. The van der Waals surface area contributed by atoms with Gasteiger partial charge in [0.1, 0.15) is 5.82 Å². The molecule has 1 fully saturated rings. The van der Waals surface area contributed by atoms with Crippen molar-refractivity contribution in [1.82, 2.24) is 19.1 Å². The Morgan fingerprint density at radius 1 is 1.03 bits per heavy atom. The van der Waals surface area contributed by atoms with Crippen LogP contribution in [0.5, 0.6) is 0 Å². The molecule has 8 nitrogen and oxygen atoms in total. The Balaban J connectivity index is 1.71. The minimum atomic E-state index is -0.520. The Kier molecular flexibility index (Phi) is 5.55. The van der Waals surface area contributed by atoms with Gasteiger partial charge in [0.05, 0.1) is 13.1 Å². The molecule has 2 aromatic carbocycles. The predicted octanol–water partition coefficient (Wildman–Crippen LogP) is 2.05. The largest absolute Gasteiger partial charge is 0.341 e. The number of fused-ring (bicyclic) bond motifs is 1. The van der Waals surface area contributed by atoms with Gasteiger partial charge in [-0.15, -0.1) is 0 Å². The van der Waals surface area contributed by atoms with Gasteiger partial charge in [0.25, 0.3) is 5.56 Å². The number of rotatable bonds is 5. The van der Waals surface area contributed by atoms with E-state index in [9.17, 15) is 14.0 Å². The fraction of sp³-hybridized carbons (Fsp3) is 0.292. The van der Waals surface area contributed by atoms with E-state index in [0.29, 0.717) is 23.7 Å². The molecule has 3 N–H and O–H groups in total. The topological polar surface area (TPSA) is 102 Å². The van der Waals surface area contributed by atoms with E-state index in [4.69, 9.17) is 10.7 Å². The van der Waals surface area contributed by atoms with Crippen LogP contribution in [0.3, 0.4) is 0 Å². The number of anilines is 1. The van der Waals surface area contributed by atoms with Gasteiger partial charge in [-0.2, -0.15) is 4.98 Å². The molecule has 1 unspecified atom stereocenters. The molecular weight excluding hydrogens is 423 g/mol. The molecule has 0 radical (unpaired) electrons. The number of nitrogens with one attached hydrogen (secondary N) is 1. The molecule has 1 aliphatic rings. The van der Waals surface area contributed by atoms with Crippen molar-refractivity contribution in [2.24, 2.45) is 5.73 Å². The van der Waals surface area contributed by atoms with Crippen LogP contribution in [0.15, 0.2) is 64.2 Å². The number of aromatic nitrogens is 4. The zero-order valence-corrected chi connectivity index (χ0v) is 18.1. The zero-order valence-electron chi connectivity index (χ0n) is 18.1. The van der Waals surface area contributed by atoms with Gasteiger partial charge in [-0.05, 0) is 36.1 Å². The van der Waals surface area contributed by atoms with Crippen molar-refractivity contribution >= 4 is 17.1 Å². The molecule has 33 heavy (non-hydrogen) atoms. The van der Waals surface area contributed by atoms with E-state index in [1.54, 1.807) is 16.7 Å². The summed E-state index contributed by atoms with van der Waals surface area (Å²) in [4.78, 5) is 35.1. The van der Waals surface area contributed by atoms with Crippen LogP contribution >= 0.6 is 0 Å². The van der Waals surface area contributed by atoms with Gasteiger partial charge in [-0.25, -0.2) is 9.18 Å². The SMILES string of the molecule is NC1CCCN(c2nc3c(c(=O)[nH]c(=O)n3Cc3ccccc3)n2Cc2cccc(F)c2)C1. The second-order valence-corrected chi connectivity index (χ2v) is 8.48. The Hall–Kier alpha value is -3.72. The highest BCUT2D eigenvalue weighted by atomic mass is 19.1. The number of nitrogens with two attached hydrogens (primary N) is 1. The van der Waals surface area contributed by atoms with Gasteiger partial charge >= 0.3 is 5.69 Å². The molecule has 9 heteroatoms. The normalized spacial score (nSPS) is 16.4. The summed E-state index contributed by atoms with van der Waals surface area (Å²) < 4.78 is 17.1. The molecule has 170 valence electrons. The fourth-order valence-corrected chi connectivity index (χ4v) is 4.47. The summed E-state index contributed by atoms with van der Waals surface area (Å²) in [5.74, 6) is 0.204. The summed E-state index contributed by atoms with van der Waals surface area (Å²) in [5.41, 5.74) is 7.36. The molecule has 0 bridgehead atoms. The summed E-state index contributed by atoms with van der Waals surface area (Å²) in [6.45, 7) is 1.83. The van der Waals surface area contributed by atoms with Crippen molar-refractivity contribution in [1.29, 1.82) is 0 Å². The van der Waals surface area contributed by atoms with E-state index in [1.807, 2.05) is 35.2 Å². The lowest BCUT2D eigenvalue weighted by atomic mass is 10.1. The molecule has 4 aromatic rings. The minimum absolute atomic E-state index is 0.00835. The van der Waals surface area contributed by atoms with Gasteiger partial charge in [-0.1, -0.05) is 42.5 Å². The molecule has 5 rings (SSSR count). The lowest BCUT2D eigenvalue weighted by molar-refractivity contribution is 0.495. The van der Waals surface area contributed by atoms with Crippen LogP contribution in [0.25, 0.3) is 11.2 Å². The molecule has 1 saturated heterocycles. The second-order valence-electron chi connectivity index (χ2n) is 8.48. The van der Waals surface area contributed by atoms with Gasteiger partial charge in [0.15, 0.2) is 11.2 Å². The maximum atomic E-state index is 13.9. The van der Waals surface area contributed by atoms with Crippen molar-refractivity contribution in [3.8, 4) is 0 Å². The molecular formula is C24H25FN6O2. The predicted molar refractivity (Wildman–Crippen MR) is 125 cm³/mol. The maximum Gasteiger partial charge on any atom is 0.330 e. The summed E-state index contributed by atoms with van der Waals surface area (Å²) in [7, 11) is 0. The highest BCUT2D eigenvalue weighted by Crippen LogP contribution is 2.24. The van der Waals surface area contributed by atoms with Crippen LogP contribution in [0.4, 0.5) is 10.3 Å². The van der Waals surface area contributed by atoms with Gasteiger partial charge in [-0.3, -0.25) is 18.9 Å². The fourth-order valence-electron chi connectivity index (χ4n) is 4.47. The average molecular weight is 449 g/mol. The minimum Gasteiger partial charge on any atom is -0.341 e. The van der Waals surface area contributed by atoms with Gasteiger partial charge < -0.3 is 10.6 Å². The van der Waals surface area contributed by atoms with E-state index in [-0.39, 0.29) is 30.5 Å². The Morgan fingerprint density at radius 2 is 1.79 bits per heavy atom. The second kappa shape index (κ2) is 8.67. The number of hydrogen-bond acceptors (Lipinski definition) is 5. The number of nitrogens with zero attached hydrogens (tertiary/aromatic N) is 4. The smallest absolute Gasteiger partial charge is 0.330 e. The van der Waals surface area contributed by atoms with Crippen LogP contribution in [-0.4, -0.2) is 38.2 Å². The first-order chi connectivity index (χ1) is 16.0. The first-order valence-electron chi connectivity index (χ1n) is 11.0. The number of hydrogen-bond donors (Lipinski definition) is 2. The molecule has 0 spiro atoms. The van der Waals surface area contributed by atoms with Crippen molar-refractivity contribution in [3.05, 3.63) is 92.4 Å². The highest BCUT2D eigenvalue weighted by Gasteiger charge is 2.26. The molecule has 1 aliphatic heterocycles. The zero-order chi connectivity index (χ0) is 22.9. The first-order valence-corrected chi connectivity index (χ1v) is 11.0. The number of piperidine rings is 1. The molecule has 0 amide bonds. The molecule has 0 saturated carbocycles. The Labute approximate surface area is 189 Å². The Morgan fingerprint density at radius 3 is 2.55 bits per heavy atom. The summed E-state index contributed by atoms with van der Waals surface area (Å²) in [5, 5.41) is 0. The van der Waals surface area contributed by atoms with Crippen molar-refractivity contribution in [2.45, 2.75) is 32.0 Å². The summed E-state index contributed by atoms with van der Waals surface area (Å²) >= 11 is 0. The van der Waals surface area contributed by atoms with Gasteiger partial charge in [0, 0.05) is 19.1 Å².